The Morgan fingerprint density at radius 3 is 2.80 bits per heavy atom. The predicted octanol–water partition coefficient (Wildman–Crippen LogP) is 1.19. The maximum Gasteiger partial charge on any atom is 0.358 e. The van der Waals surface area contributed by atoms with Crippen molar-refractivity contribution in [2.24, 2.45) is 0 Å². The molecule has 0 spiro atoms. The smallest absolute Gasteiger partial charge is 0.358 e. The monoisotopic (exact) mass is 295 g/mol. The highest BCUT2D eigenvalue weighted by Crippen LogP contribution is 2.18. The number of aromatic carboxylic acids is 1. The summed E-state index contributed by atoms with van der Waals surface area (Å²) in [5.41, 5.74) is 0.300. The van der Waals surface area contributed by atoms with Gasteiger partial charge in [0.25, 0.3) is 0 Å². The van der Waals surface area contributed by atoms with Gasteiger partial charge in [0.05, 0.1) is 5.69 Å². The highest BCUT2D eigenvalue weighted by molar-refractivity contribution is 7.13. The molecule has 2 N–H and O–H groups in total. The Hall–Kier alpha value is -2.29. The minimum Gasteiger partial charge on any atom is -0.476 e. The second-order valence-electron chi connectivity index (χ2n) is 4.33. The molecule has 0 fully saturated rings. The average molecular weight is 295 g/mol. The number of hydrogen-bond acceptors (Lipinski definition) is 6. The molecule has 0 aliphatic carbocycles. The molecule has 0 aromatic carbocycles. The standard InChI is InChI=1S/C11H13N5O3S/c1-6(2)9-8(10(18)19)14-15-16(9)5-7(17)13-11-12-3-4-20-11/h3-4,6H,5H2,1-2H3,(H,18,19)(H,12,13,17). The van der Waals surface area contributed by atoms with Crippen molar-refractivity contribution in [1.82, 2.24) is 20.0 Å². The lowest BCUT2D eigenvalue weighted by molar-refractivity contribution is -0.117. The molecule has 106 valence electrons. The molecule has 0 radical (unpaired) electrons. The summed E-state index contributed by atoms with van der Waals surface area (Å²) in [7, 11) is 0. The van der Waals surface area contributed by atoms with Crippen molar-refractivity contribution in [3.8, 4) is 0 Å². The fourth-order valence-corrected chi connectivity index (χ4v) is 2.29. The molecular weight excluding hydrogens is 282 g/mol. The lowest BCUT2D eigenvalue weighted by Crippen LogP contribution is -2.21. The third kappa shape index (κ3) is 2.99. The SMILES string of the molecule is CC(C)c1c(C(=O)O)nnn1CC(=O)Nc1nccs1. The van der Waals surface area contributed by atoms with Gasteiger partial charge in [0.2, 0.25) is 5.91 Å². The normalized spacial score (nSPS) is 10.8. The predicted molar refractivity (Wildman–Crippen MR) is 71.8 cm³/mol. The number of hydrogen-bond donors (Lipinski definition) is 2. The van der Waals surface area contributed by atoms with Gasteiger partial charge in [-0.2, -0.15) is 0 Å². The van der Waals surface area contributed by atoms with E-state index in [2.05, 4.69) is 20.6 Å². The molecule has 8 nitrogen and oxygen atoms in total. The van der Waals surface area contributed by atoms with Crippen molar-refractivity contribution >= 4 is 28.3 Å². The summed E-state index contributed by atoms with van der Waals surface area (Å²) in [4.78, 5) is 26.8. The summed E-state index contributed by atoms with van der Waals surface area (Å²) < 4.78 is 1.30. The van der Waals surface area contributed by atoms with Crippen LogP contribution < -0.4 is 5.32 Å². The van der Waals surface area contributed by atoms with Gasteiger partial charge in [0, 0.05) is 11.6 Å². The summed E-state index contributed by atoms with van der Waals surface area (Å²) in [6, 6.07) is 0. The topological polar surface area (TPSA) is 110 Å². The van der Waals surface area contributed by atoms with E-state index >= 15 is 0 Å². The van der Waals surface area contributed by atoms with Crippen molar-refractivity contribution in [2.45, 2.75) is 26.3 Å². The van der Waals surface area contributed by atoms with E-state index in [-0.39, 0.29) is 24.1 Å². The maximum absolute atomic E-state index is 11.9. The number of carbonyl (C=O) groups is 2. The van der Waals surface area contributed by atoms with Gasteiger partial charge >= 0.3 is 5.97 Å². The van der Waals surface area contributed by atoms with Gasteiger partial charge in [0.1, 0.15) is 6.54 Å². The van der Waals surface area contributed by atoms with Gasteiger partial charge in [0.15, 0.2) is 10.8 Å². The van der Waals surface area contributed by atoms with E-state index < -0.39 is 5.97 Å². The van der Waals surface area contributed by atoms with Crippen LogP contribution in [0.5, 0.6) is 0 Å². The highest BCUT2D eigenvalue weighted by Gasteiger charge is 2.22. The first-order valence-electron chi connectivity index (χ1n) is 5.85. The Bertz CT molecular complexity index is 620. The van der Waals surface area contributed by atoms with E-state index in [1.165, 1.54) is 16.0 Å². The lowest BCUT2D eigenvalue weighted by Gasteiger charge is -2.09. The number of thiazole rings is 1. The van der Waals surface area contributed by atoms with E-state index in [0.29, 0.717) is 10.8 Å². The number of rotatable bonds is 5. The first-order valence-corrected chi connectivity index (χ1v) is 6.73. The molecule has 0 unspecified atom stereocenters. The Kier molecular flexibility index (Phi) is 4.08. The largest absolute Gasteiger partial charge is 0.476 e. The Labute approximate surface area is 118 Å². The number of carbonyl (C=O) groups excluding carboxylic acids is 1. The summed E-state index contributed by atoms with van der Waals surface area (Å²) in [5, 5.41) is 21.2. The van der Waals surface area contributed by atoms with Crippen molar-refractivity contribution in [3.05, 3.63) is 23.0 Å². The first kappa shape index (κ1) is 14.1. The minimum atomic E-state index is -1.15. The molecule has 2 aromatic heterocycles. The van der Waals surface area contributed by atoms with Crippen LogP contribution in [0.2, 0.25) is 0 Å². The Morgan fingerprint density at radius 1 is 1.50 bits per heavy atom. The molecule has 0 aliphatic rings. The van der Waals surface area contributed by atoms with Gasteiger partial charge < -0.3 is 10.4 Å². The fourth-order valence-electron chi connectivity index (χ4n) is 1.74. The van der Waals surface area contributed by atoms with Gasteiger partial charge in [-0.3, -0.25) is 4.79 Å². The van der Waals surface area contributed by atoms with E-state index in [9.17, 15) is 9.59 Å². The van der Waals surface area contributed by atoms with Crippen LogP contribution >= 0.6 is 11.3 Å². The number of carboxylic acids is 1. The van der Waals surface area contributed by atoms with Crippen LogP contribution in [0, 0.1) is 0 Å². The molecule has 2 rings (SSSR count). The van der Waals surface area contributed by atoms with Crippen LogP contribution in [0.3, 0.4) is 0 Å². The summed E-state index contributed by atoms with van der Waals surface area (Å²) in [6.45, 7) is 3.54. The van der Waals surface area contributed by atoms with Crippen molar-refractivity contribution in [2.75, 3.05) is 5.32 Å². The van der Waals surface area contributed by atoms with E-state index in [1.807, 2.05) is 13.8 Å². The zero-order valence-electron chi connectivity index (χ0n) is 10.9. The molecular formula is C11H13N5O3S. The zero-order chi connectivity index (χ0) is 14.7. The highest BCUT2D eigenvalue weighted by atomic mass is 32.1. The van der Waals surface area contributed by atoms with Gasteiger partial charge in [-0.1, -0.05) is 19.1 Å². The van der Waals surface area contributed by atoms with E-state index in [0.717, 1.165) is 0 Å². The van der Waals surface area contributed by atoms with Crippen LogP contribution in [0.1, 0.15) is 35.9 Å². The van der Waals surface area contributed by atoms with Crippen LogP contribution in [0.25, 0.3) is 0 Å². The Balaban J connectivity index is 2.17. The van der Waals surface area contributed by atoms with Gasteiger partial charge in [-0.15, -0.1) is 16.4 Å². The van der Waals surface area contributed by atoms with Crippen LogP contribution in [-0.4, -0.2) is 37.0 Å². The van der Waals surface area contributed by atoms with Crippen LogP contribution in [0.15, 0.2) is 11.6 Å². The number of nitrogens with zero attached hydrogens (tertiary/aromatic N) is 4. The third-order valence-electron chi connectivity index (χ3n) is 2.49. The molecule has 0 saturated carbocycles. The number of carboxylic acid groups (broad SMARTS) is 1. The second-order valence-corrected chi connectivity index (χ2v) is 5.22. The third-order valence-corrected chi connectivity index (χ3v) is 3.18. The van der Waals surface area contributed by atoms with Crippen LogP contribution in [0.4, 0.5) is 5.13 Å². The Morgan fingerprint density at radius 2 is 2.25 bits per heavy atom. The van der Waals surface area contributed by atoms with Crippen molar-refractivity contribution in [1.29, 1.82) is 0 Å². The number of anilines is 1. The minimum absolute atomic E-state index is 0.104. The first-order chi connectivity index (χ1) is 9.49. The molecule has 0 bridgehead atoms. The summed E-state index contributed by atoms with van der Waals surface area (Å²) >= 11 is 1.30. The van der Waals surface area contributed by atoms with Crippen molar-refractivity contribution in [3.63, 3.8) is 0 Å². The van der Waals surface area contributed by atoms with Crippen LogP contribution in [-0.2, 0) is 11.3 Å². The van der Waals surface area contributed by atoms with E-state index in [4.69, 9.17) is 5.11 Å². The molecule has 1 amide bonds. The van der Waals surface area contributed by atoms with Gasteiger partial charge in [-0.05, 0) is 5.92 Å². The van der Waals surface area contributed by atoms with Crippen molar-refractivity contribution < 1.29 is 14.7 Å². The quantitative estimate of drug-likeness (QED) is 0.857. The molecule has 2 aromatic rings. The number of aromatic nitrogens is 4. The molecule has 9 heteroatoms. The fraction of sp³-hybridized carbons (Fsp3) is 0.364. The molecule has 0 aliphatic heterocycles. The lowest BCUT2D eigenvalue weighted by atomic mass is 10.1. The molecule has 20 heavy (non-hydrogen) atoms. The number of amides is 1. The maximum atomic E-state index is 11.9. The molecule has 2 heterocycles. The summed E-state index contributed by atoms with van der Waals surface area (Å²) in [6.07, 6.45) is 1.58. The zero-order valence-corrected chi connectivity index (χ0v) is 11.7. The summed E-state index contributed by atoms with van der Waals surface area (Å²) in [5.74, 6) is -1.59. The van der Waals surface area contributed by atoms with E-state index in [1.54, 1.807) is 11.6 Å². The molecule has 0 saturated heterocycles. The average Bonchev–Trinajstić information content (AvgIpc) is 2.97. The molecule has 0 atom stereocenters. The van der Waals surface area contributed by atoms with Gasteiger partial charge in [-0.25, -0.2) is 14.5 Å². The second kappa shape index (κ2) is 5.78. The number of nitrogens with one attached hydrogen (secondary N) is 1.